The first-order valence-electron chi connectivity index (χ1n) is 13.6. The van der Waals surface area contributed by atoms with Gasteiger partial charge < -0.3 is 25.4 Å². The third-order valence-corrected chi connectivity index (χ3v) is 8.50. The van der Waals surface area contributed by atoms with Crippen molar-refractivity contribution < 1.29 is 32.2 Å². The van der Waals surface area contributed by atoms with Gasteiger partial charge in [-0.3, -0.25) is 0 Å². The average Bonchev–Trinajstić information content (AvgIpc) is 3.64. The van der Waals surface area contributed by atoms with E-state index in [1.165, 1.54) is 35.4 Å². The molecule has 0 aliphatic carbocycles. The van der Waals surface area contributed by atoms with E-state index in [4.69, 9.17) is 4.74 Å². The van der Waals surface area contributed by atoms with E-state index >= 15 is 0 Å². The van der Waals surface area contributed by atoms with Crippen LogP contribution in [0.1, 0.15) is 32.9 Å². The SMILES string of the molecule is CNCC#Cc1ccc(OCCCc2sc(N(C)c3cc(C(F)(F)F)c(Nc4nc5ccccc5s4)nn3)nc2C(=O)O)c(F)c1. The molecule has 2 aromatic carbocycles. The fourth-order valence-corrected chi connectivity index (χ4v) is 6.07. The van der Waals surface area contributed by atoms with Gasteiger partial charge in [0.15, 0.2) is 39.2 Å². The number of aryl methyl sites for hydroxylation is 1. The van der Waals surface area contributed by atoms with Gasteiger partial charge in [-0.25, -0.2) is 19.2 Å². The largest absolute Gasteiger partial charge is 0.491 e. The molecule has 5 aromatic rings. The molecule has 0 radical (unpaired) electrons. The van der Waals surface area contributed by atoms with Gasteiger partial charge >= 0.3 is 12.1 Å². The molecule has 0 fully saturated rings. The number of ether oxygens (including phenoxy) is 1. The number of rotatable bonds is 11. The number of benzene rings is 2. The number of aromatic nitrogens is 4. The van der Waals surface area contributed by atoms with E-state index in [1.54, 1.807) is 37.4 Å². The van der Waals surface area contributed by atoms with Crippen LogP contribution in [-0.4, -0.2) is 58.5 Å². The zero-order valence-electron chi connectivity index (χ0n) is 24.3. The Labute approximate surface area is 268 Å². The number of aromatic carboxylic acids is 1. The van der Waals surface area contributed by atoms with E-state index in [-0.39, 0.29) is 40.6 Å². The molecule has 16 heteroatoms. The van der Waals surface area contributed by atoms with Gasteiger partial charge in [-0.15, -0.1) is 21.5 Å². The lowest BCUT2D eigenvalue weighted by Gasteiger charge is -2.17. The van der Waals surface area contributed by atoms with Crippen LogP contribution < -0.4 is 20.3 Å². The number of carboxylic acid groups (broad SMARTS) is 1. The Balaban J connectivity index is 1.29. The highest BCUT2D eigenvalue weighted by atomic mass is 32.1. The number of thiazole rings is 2. The number of nitrogens with one attached hydrogen (secondary N) is 2. The Morgan fingerprint density at radius 3 is 2.63 bits per heavy atom. The van der Waals surface area contributed by atoms with Crippen molar-refractivity contribution in [2.75, 3.05) is 37.5 Å². The minimum absolute atomic E-state index is 0.0301. The molecule has 0 spiro atoms. The van der Waals surface area contributed by atoms with Crippen molar-refractivity contribution >= 4 is 60.8 Å². The molecule has 5 rings (SSSR count). The predicted octanol–water partition coefficient (Wildman–Crippen LogP) is 6.49. The first kappa shape index (κ1) is 32.5. The molecule has 10 nitrogen and oxygen atoms in total. The Morgan fingerprint density at radius 2 is 1.91 bits per heavy atom. The normalized spacial score (nSPS) is 11.3. The number of halogens is 4. The fraction of sp³-hybridized carbons (Fsp3) is 0.233. The minimum atomic E-state index is -4.79. The third kappa shape index (κ3) is 7.68. The molecule has 0 saturated carbocycles. The summed E-state index contributed by atoms with van der Waals surface area (Å²) in [6, 6.07) is 12.3. The number of hydrogen-bond acceptors (Lipinski definition) is 11. The van der Waals surface area contributed by atoms with E-state index in [0.717, 1.165) is 22.1 Å². The predicted molar refractivity (Wildman–Crippen MR) is 168 cm³/mol. The molecular weight excluding hydrogens is 647 g/mol. The number of para-hydroxylation sites is 1. The van der Waals surface area contributed by atoms with Crippen LogP contribution in [0, 0.1) is 17.7 Å². The van der Waals surface area contributed by atoms with E-state index in [1.807, 2.05) is 0 Å². The summed E-state index contributed by atoms with van der Waals surface area (Å²) in [6.07, 6.45) is -4.25. The number of fused-ring (bicyclic) bond motifs is 1. The number of carboxylic acids is 1. The van der Waals surface area contributed by atoms with Crippen LogP contribution in [0.5, 0.6) is 5.75 Å². The molecule has 0 atom stereocenters. The van der Waals surface area contributed by atoms with Gasteiger partial charge in [0.05, 0.1) is 23.4 Å². The molecule has 0 aliphatic heterocycles. The molecule has 3 heterocycles. The van der Waals surface area contributed by atoms with Crippen LogP contribution in [0.25, 0.3) is 10.2 Å². The summed E-state index contributed by atoms with van der Waals surface area (Å²) < 4.78 is 63.1. The maximum atomic E-state index is 14.4. The summed E-state index contributed by atoms with van der Waals surface area (Å²) in [7, 11) is 3.17. The smallest absolute Gasteiger partial charge is 0.420 e. The number of anilines is 4. The monoisotopic (exact) mass is 671 g/mol. The van der Waals surface area contributed by atoms with E-state index in [2.05, 4.69) is 42.6 Å². The summed E-state index contributed by atoms with van der Waals surface area (Å²) in [5.41, 5.74) is -0.207. The lowest BCUT2D eigenvalue weighted by molar-refractivity contribution is -0.137. The Morgan fingerprint density at radius 1 is 1.11 bits per heavy atom. The summed E-state index contributed by atoms with van der Waals surface area (Å²) in [4.78, 5) is 22.0. The van der Waals surface area contributed by atoms with Crippen molar-refractivity contribution in [2.24, 2.45) is 0 Å². The zero-order chi connectivity index (χ0) is 32.8. The molecule has 238 valence electrons. The van der Waals surface area contributed by atoms with E-state index in [9.17, 15) is 27.5 Å². The summed E-state index contributed by atoms with van der Waals surface area (Å²) in [5, 5.41) is 23.3. The summed E-state index contributed by atoms with van der Waals surface area (Å²) in [5.74, 6) is 3.10. The molecule has 0 aliphatic rings. The maximum Gasteiger partial charge on any atom is 0.420 e. The highest BCUT2D eigenvalue weighted by molar-refractivity contribution is 7.22. The van der Waals surface area contributed by atoms with Crippen molar-refractivity contribution in [3.8, 4) is 17.6 Å². The van der Waals surface area contributed by atoms with E-state index < -0.39 is 29.3 Å². The van der Waals surface area contributed by atoms with Gasteiger partial charge in [0.25, 0.3) is 0 Å². The first-order chi connectivity index (χ1) is 22.0. The molecular formula is C30H25F4N7O3S2. The second-order valence-electron chi connectivity index (χ2n) is 9.64. The molecule has 0 saturated heterocycles. The number of alkyl halides is 3. The van der Waals surface area contributed by atoms with Crippen molar-refractivity contribution in [2.45, 2.75) is 19.0 Å². The highest BCUT2D eigenvalue weighted by Gasteiger charge is 2.36. The molecule has 3 aromatic heterocycles. The summed E-state index contributed by atoms with van der Waals surface area (Å²) >= 11 is 2.16. The number of hydrogen-bond donors (Lipinski definition) is 3. The number of nitrogens with zero attached hydrogens (tertiary/aromatic N) is 5. The van der Waals surface area contributed by atoms with E-state index in [0.29, 0.717) is 28.9 Å². The van der Waals surface area contributed by atoms with Gasteiger partial charge in [-0.2, -0.15) is 13.2 Å². The minimum Gasteiger partial charge on any atom is -0.491 e. The van der Waals surface area contributed by atoms with Gasteiger partial charge in [0, 0.05) is 17.5 Å². The number of carbonyl (C=O) groups is 1. The lowest BCUT2D eigenvalue weighted by atomic mass is 10.2. The van der Waals surface area contributed by atoms with Crippen LogP contribution in [0.4, 0.5) is 39.5 Å². The molecule has 0 amide bonds. The highest BCUT2D eigenvalue weighted by Crippen LogP contribution is 2.39. The van der Waals surface area contributed by atoms with Crippen LogP contribution in [0.15, 0.2) is 48.5 Å². The van der Waals surface area contributed by atoms with Crippen molar-refractivity contribution in [3.63, 3.8) is 0 Å². The van der Waals surface area contributed by atoms with Gasteiger partial charge in [-0.1, -0.05) is 35.3 Å². The van der Waals surface area contributed by atoms with Crippen molar-refractivity contribution in [1.29, 1.82) is 0 Å². The van der Waals surface area contributed by atoms with Crippen molar-refractivity contribution in [3.05, 3.63) is 76.0 Å². The topological polar surface area (TPSA) is 125 Å². The summed E-state index contributed by atoms with van der Waals surface area (Å²) in [6.45, 7) is 0.540. The van der Waals surface area contributed by atoms with Crippen LogP contribution >= 0.6 is 22.7 Å². The molecule has 0 unspecified atom stereocenters. The van der Waals surface area contributed by atoms with Crippen molar-refractivity contribution in [1.82, 2.24) is 25.5 Å². The molecule has 3 N–H and O–H groups in total. The zero-order valence-corrected chi connectivity index (χ0v) is 25.9. The lowest BCUT2D eigenvalue weighted by Crippen LogP contribution is -2.17. The van der Waals surface area contributed by atoms with Crippen LogP contribution in [-0.2, 0) is 12.6 Å². The Bertz CT molecular complexity index is 1900. The first-order valence-corrected chi connectivity index (χ1v) is 15.3. The standard InChI is InChI=1S/C30H25F4N7O3S2/c1-35-13-5-7-17-11-12-21(19(31)15-17)44-14-6-10-23-25(27(42)43)37-29(46-23)41(2)24-16-18(30(32,33)34)26(40-39-24)38-28-36-20-8-3-4-9-22(20)45-28/h3-4,8-9,11-12,15-16,35H,6,10,13-14H2,1-2H3,(H,42,43)(H,36,38,40). The van der Waals surface area contributed by atoms with Gasteiger partial charge in [-0.05, 0) is 56.3 Å². The Kier molecular flexibility index (Phi) is 9.95. The third-order valence-electron chi connectivity index (χ3n) is 6.36. The molecule has 46 heavy (non-hydrogen) atoms. The van der Waals surface area contributed by atoms with Crippen LogP contribution in [0.3, 0.4) is 0 Å². The Hall–Kier alpha value is -4.85. The second kappa shape index (κ2) is 14.1. The molecule has 0 bridgehead atoms. The quantitative estimate of drug-likeness (QED) is 0.0815. The average molecular weight is 672 g/mol. The second-order valence-corrected chi connectivity index (χ2v) is 11.7. The fourth-order valence-electron chi connectivity index (χ4n) is 4.14. The van der Waals surface area contributed by atoms with Gasteiger partial charge in [0.1, 0.15) is 5.56 Å². The van der Waals surface area contributed by atoms with Gasteiger partial charge in [0.2, 0.25) is 0 Å². The maximum absolute atomic E-state index is 14.4. The van der Waals surface area contributed by atoms with Crippen LogP contribution in [0.2, 0.25) is 0 Å².